The van der Waals surface area contributed by atoms with E-state index in [4.69, 9.17) is 14.4 Å². The van der Waals surface area contributed by atoms with Crippen LogP contribution in [0.3, 0.4) is 0 Å². The van der Waals surface area contributed by atoms with Gasteiger partial charge in [-0.05, 0) is 44.8 Å². The molecule has 9 aromatic rings. The van der Waals surface area contributed by atoms with Gasteiger partial charge in [-0.3, -0.25) is 4.57 Å². The fourth-order valence-electron chi connectivity index (χ4n) is 6.47. The minimum Gasteiger partial charge on any atom is -0.460 e. The Balaban J connectivity index is 1.36. The Kier molecular flexibility index (Phi) is 4.87. The summed E-state index contributed by atoms with van der Waals surface area (Å²) in [6.07, 6.45) is 1.70. The third-order valence-electron chi connectivity index (χ3n) is 8.32. The van der Waals surface area contributed by atoms with Gasteiger partial charge in [0.05, 0.1) is 17.3 Å². The predicted molar refractivity (Wildman–Crippen MR) is 172 cm³/mol. The van der Waals surface area contributed by atoms with E-state index in [0.29, 0.717) is 11.5 Å². The first-order valence-corrected chi connectivity index (χ1v) is 14.1. The van der Waals surface area contributed by atoms with Crippen LogP contribution >= 0.6 is 0 Å². The van der Waals surface area contributed by atoms with Gasteiger partial charge in [0.2, 0.25) is 5.95 Å². The molecule has 0 N–H and O–H groups in total. The zero-order valence-electron chi connectivity index (χ0n) is 22.5. The molecule has 6 aromatic carbocycles. The third kappa shape index (κ3) is 3.29. The second-order valence-electron chi connectivity index (χ2n) is 10.6. The van der Waals surface area contributed by atoms with Gasteiger partial charge in [-0.2, -0.15) is 0 Å². The Bertz CT molecular complexity index is 2480. The summed E-state index contributed by atoms with van der Waals surface area (Å²) in [7, 11) is 0. The number of para-hydroxylation sites is 1. The lowest BCUT2D eigenvalue weighted by atomic mass is 9.93. The lowest BCUT2D eigenvalue weighted by molar-refractivity contribution is 0.614. The van der Waals surface area contributed by atoms with E-state index in [1.807, 2.05) is 6.07 Å². The Labute approximate surface area is 241 Å². The zero-order valence-corrected chi connectivity index (χ0v) is 22.5. The van der Waals surface area contributed by atoms with Crippen molar-refractivity contribution in [2.45, 2.75) is 0 Å². The van der Waals surface area contributed by atoms with Gasteiger partial charge in [0.15, 0.2) is 5.58 Å². The van der Waals surface area contributed by atoms with Gasteiger partial charge >= 0.3 is 0 Å². The highest BCUT2D eigenvalue weighted by Gasteiger charge is 2.21. The summed E-state index contributed by atoms with van der Waals surface area (Å²) in [6, 6.07) is 46.7. The molecule has 0 unspecified atom stereocenters. The molecular weight excluding hydrogens is 514 g/mol. The van der Waals surface area contributed by atoms with Crippen LogP contribution < -0.4 is 0 Å². The van der Waals surface area contributed by atoms with Crippen molar-refractivity contribution >= 4 is 54.5 Å². The van der Waals surface area contributed by atoms with E-state index < -0.39 is 0 Å². The van der Waals surface area contributed by atoms with Gasteiger partial charge in [0.1, 0.15) is 11.2 Å². The molecule has 0 radical (unpaired) electrons. The summed E-state index contributed by atoms with van der Waals surface area (Å²) in [6.45, 7) is 0. The van der Waals surface area contributed by atoms with Crippen LogP contribution in [0, 0.1) is 0 Å². The second-order valence-corrected chi connectivity index (χ2v) is 10.6. The molecule has 0 aliphatic carbocycles. The van der Waals surface area contributed by atoms with Crippen LogP contribution in [0.25, 0.3) is 82.8 Å². The first-order valence-electron chi connectivity index (χ1n) is 14.1. The van der Waals surface area contributed by atoms with Gasteiger partial charge in [-0.1, -0.05) is 115 Å². The number of hydrogen-bond acceptors (Lipinski definition) is 3. The molecular formula is C38H23N3O. The number of nitrogens with zero attached hydrogens (tertiary/aromatic N) is 3. The molecule has 0 saturated heterocycles. The summed E-state index contributed by atoms with van der Waals surface area (Å²) in [5, 5.41) is 7.22. The average Bonchev–Trinajstić information content (AvgIpc) is 3.67. The average molecular weight is 538 g/mol. The van der Waals surface area contributed by atoms with E-state index >= 15 is 0 Å². The number of rotatable bonds is 3. The van der Waals surface area contributed by atoms with E-state index in [0.717, 1.165) is 38.9 Å². The Morgan fingerprint density at radius 3 is 2.02 bits per heavy atom. The molecule has 0 fully saturated rings. The van der Waals surface area contributed by atoms with Crippen molar-refractivity contribution in [2.75, 3.05) is 0 Å². The molecule has 3 aromatic heterocycles. The SMILES string of the molecule is c1ccc(-c2nc(-n3c4ccccc4c4c5ccccc5ccc43)nc3ccoc23)c(-c2cccc3ccccc23)c1. The molecule has 42 heavy (non-hydrogen) atoms. The Morgan fingerprint density at radius 1 is 0.476 bits per heavy atom. The highest BCUT2D eigenvalue weighted by atomic mass is 16.3. The fraction of sp³-hybridized carbons (Fsp3) is 0. The van der Waals surface area contributed by atoms with Gasteiger partial charge < -0.3 is 4.42 Å². The lowest BCUT2D eigenvalue weighted by Crippen LogP contribution is -2.03. The molecule has 196 valence electrons. The third-order valence-corrected chi connectivity index (χ3v) is 8.32. The molecule has 4 heteroatoms. The number of furan rings is 1. The van der Waals surface area contributed by atoms with E-state index in [1.54, 1.807) is 6.26 Å². The number of fused-ring (bicyclic) bond motifs is 7. The van der Waals surface area contributed by atoms with Crippen molar-refractivity contribution in [1.82, 2.24) is 14.5 Å². The van der Waals surface area contributed by atoms with Crippen LogP contribution in [0.1, 0.15) is 0 Å². The topological polar surface area (TPSA) is 43.9 Å². The van der Waals surface area contributed by atoms with E-state index in [9.17, 15) is 0 Å². The van der Waals surface area contributed by atoms with Crippen molar-refractivity contribution in [3.05, 3.63) is 140 Å². The summed E-state index contributed by atoms with van der Waals surface area (Å²) in [5.74, 6) is 0.619. The zero-order chi connectivity index (χ0) is 27.6. The maximum Gasteiger partial charge on any atom is 0.236 e. The van der Waals surface area contributed by atoms with Crippen LogP contribution in [-0.2, 0) is 0 Å². The second kappa shape index (κ2) is 8.88. The van der Waals surface area contributed by atoms with Crippen molar-refractivity contribution in [3.63, 3.8) is 0 Å². The van der Waals surface area contributed by atoms with Crippen molar-refractivity contribution in [2.24, 2.45) is 0 Å². The monoisotopic (exact) mass is 537 g/mol. The molecule has 0 saturated carbocycles. The molecule has 0 atom stereocenters. The van der Waals surface area contributed by atoms with E-state index in [2.05, 4.69) is 132 Å². The van der Waals surface area contributed by atoms with Gasteiger partial charge in [0, 0.05) is 22.4 Å². The van der Waals surface area contributed by atoms with E-state index in [-0.39, 0.29) is 0 Å². The number of hydrogen-bond donors (Lipinski definition) is 0. The molecule has 0 aliphatic heterocycles. The highest BCUT2D eigenvalue weighted by molar-refractivity contribution is 6.21. The predicted octanol–water partition coefficient (Wildman–Crippen LogP) is 9.96. The van der Waals surface area contributed by atoms with Gasteiger partial charge in [-0.15, -0.1) is 0 Å². The molecule has 0 amide bonds. The molecule has 4 nitrogen and oxygen atoms in total. The summed E-state index contributed by atoms with van der Waals surface area (Å²) in [4.78, 5) is 10.3. The normalized spacial score (nSPS) is 11.8. The number of benzene rings is 6. The van der Waals surface area contributed by atoms with Crippen LogP contribution in [0.4, 0.5) is 0 Å². The molecule has 9 rings (SSSR count). The van der Waals surface area contributed by atoms with Crippen LogP contribution in [0.2, 0.25) is 0 Å². The van der Waals surface area contributed by atoms with Crippen LogP contribution in [-0.4, -0.2) is 14.5 Å². The van der Waals surface area contributed by atoms with Crippen LogP contribution in [0.15, 0.2) is 144 Å². The van der Waals surface area contributed by atoms with Crippen molar-refractivity contribution in [3.8, 4) is 28.3 Å². The Morgan fingerprint density at radius 2 is 1.14 bits per heavy atom. The lowest BCUT2D eigenvalue weighted by Gasteiger charge is -2.14. The maximum atomic E-state index is 6.05. The Hall–Kier alpha value is -5.74. The summed E-state index contributed by atoms with van der Waals surface area (Å²) in [5.41, 5.74) is 7.63. The number of aromatic nitrogens is 3. The standard InChI is InChI=1S/C38H23N3O/c1-3-13-26-24(10-1)12-9-18-28(26)29-15-5-6-16-30(29)36-37-32(22-23-42-37)39-38(40-36)41-33-19-8-7-17-31(33)35-27-14-4-2-11-25(27)20-21-34(35)41/h1-23H. The summed E-state index contributed by atoms with van der Waals surface area (Å²) >= 11 is 0. The van der Waals surface area contributed by atoms with Gasteiger partial charge in [-0.25, -0.2) is 9.97 Å². The van der Waals surface area contributed by atoms with Gasteiger partial charge in [0.25, 0.3) is 0 Å². The fourth-order valence-corrected chi connectivity index (χ4v) is 6.47. The van der Waals surface area contributed by atoms with Crippen LogP contribution in [0.5, 0.6) is 0 Å². The molecule has 0 bridgehead atoms. The van der Waals surface area contributed by atoms with Crippen molar-refractivity contribution in [1.29, 1.82) is 0 Å². The molecule has 3 heterocycles. The molecule has 0 spiro atoms. The largest absolute Gasteiger partial charge is 0.460 e. The smallest absolute Gasteiger partial charge is 0.236 e. The minimum atomic E-state index is 0.619. The first kappa shape index (κ1) is 23.0. The maximum absolute atomic E-state index is 6.05. The van der Waals surface area contributed by atoms with Crippen molar-refractivity contribution < 1.29 is 4.42 Å². The first-order chi connectivity index (χ1) is 20.8. The minimum absolute atomic E-state index is 0.619. The summed E-state index contributed by atoms with van der Waals surface area (Å²) < 4.78 is 8.24. The highest BCUT2D eigenvalue weighted by Crippen LogP contribution is 2.40. The quantitative estimate of drug-likeness (QED) is 0.225. The van der Waals surface area contributed by atoms with E-state index in [1.165, 1.54) is 32.3 Å². The molecule has 0 aliphatic rings.